The summed E-state index contributed by atoms with van der Waals surface area (Å²) in [6, 6.07) is 7.06. The molecule has 27 heavy (non-hydrogen) atoms. The number of carbonyl (C=O) groups excluding carboxylic acids is 1. The minimum absolute atomic E-state index is 0.115. The van der Waals surface area contributed by atoms with Crippen LogP contribution in [-0.2, 0) is 4.74 Å². The fraction of sp³-hybridized carbons (Fsp3) is 0.550. The zero-order valence-electron chi connectivity index (χ0n) is 16.1. The largest absolute Gasteiger partial charge is 0.444 e. The Morgan fingerprint density at radius 2 is 2.07 bits per heavy atom. The quantitative estimate of drug-likeness (QED) is 0.596. The first-order valence-corrected chi connectivity index (χ1v) is 9.36. The number of benzene rings is 1. The van der Waals surface area contributed by atoms with Gasteiger partial charge >= 0.3 is 6.09 Å². The van der Waals surface area contributed by atoms with Crippen molar-refractivity contribution in [1.82, 2.24) is 9.80 Å². The summed E-state index contributed by atoms with van der Waals surface area (Å²) in [4.78, 5) is 27.1. The van der Waals surface area contributed by atoms with Gasteiger partial charge < -0.3 is 9.64 Å². The van der Waals surface area contributed by atoms with E-state index in [9.17, 15) is 14.9 Å². The Hall–Kier alpha value is -2.41. The van der Waals surface area contributed by atoms with Crippen LogP contribution in [0.4, 0.5) is 10.5 Å². The molecule has 2 aliphatic heterocycles. The third-order valence-corrected chi connectivity index (χ3v) is 5.08. The van der Waals surface area contributed by atoms with Crippen LogP contribution in [0, 0.1) is 16.0 Å². The average Bonchev–Trinajstić information content (AvgIpc) is 2.57. The molecular formula is C20H27N3O4. The summed E-state index contributed by atoms with van der Waals surface area (Å²) in [5.74, 6) is 0.614. The van der Waals surface area contributed by atoms with E-state index in [-0.39, 0.29) is 16.7 Å². The lowest BCUT2D eigenvalue weighted by Gasteiger charge is -2.53. The lowest BCUT2D eigenvalue weighted by atomic mass is 9.82. The molecule has 0 N–H and O–H groups in total. The summed E-state index contributed by atoms with van der Waals surface area (Å²) in [6.07, 6.45) is 4.52. The molecule has 7 nitrogen and oxygen atoms in total. The zero-order valence-corrected chi connectivity index (χ0v) is 16.1. The van der Waals surface area contributed by atoms with E-state index in [1.165, 1.54) is 6.07 Å². The Labute approximate surface area is 159 Å². The number of amides is 1. The van der Waals surface area contributed by atoms with Gasteiger partial charge in [0.15, 0.2) is 0 Å². The fourth-order valence-electron chi connectivity index (χ4n) is 3.72. The number of ether oxygens (including phenoxy) is 1. The number of rotatable bonds is 4. The van der Waals surface area contributed by atoms with Crippen LogP contribution in [0.3, 0.4) is 0 Å². The smallest absolute Gasteiger partial charge is 0.410 e. The maximum Gasteiger partial charge on any atom is 0.410 e. The van der Waals surface area contributed by atoms with Gasteiger partial charge in [0.2, 0.25) is 0 Å². The Morgan fingerprint density at radius 1 is 1.33 bits per heavy atom. The molecule has 0 aromatic heterocycles. The standard InChI is InChI=1S/C20H27N3O4/c1-20(2,3)27-19(24)22-12-10-16-13-21(18(16)14-22)11-6-8-15-7-4-5-9-17(15)23(25)26/h4-9,16,18H,10-14H2,1-3H3/b8-6+/t16-,18-/m1/s1. The number of hydrogen-bond donors (Lipinski definition) is 0. The first-order valence-electron chi connectivity index (χ1n) is 9.36. The van der Waals surface area contributed by atoms with E-state index < -0.39 is 5.60 Å². The number of likely N-dealkylation sites (tertiary alicyclic amines) is 2. The van der Waals surface area contributed by atoms with Gasteiger partial charge in [0, 0.05) is 38.3 Å². The first kappa shape index (κ1) is 19.4. The monoisotopic (exact) mass is 373 g/mol. The van der Waals surface area contributed by atoms with Crippen LogP contribution in [0.15, 0.2) is 30.3 Å². The van der Waals surface area contributed by atoms with Gasteiger partial charge in [-0.05, 0) is 39.2 Å². The normalized spacial score (nSPS) is 23.0. The topological polar surface area (TPSA) is 75.9 Å². The predicted molar refractivity (Wildman–Crippen MR) is 103 cm³/mol. The minimum Gasteiger partial charge on any atom is -0.444 e. The van der Waals surface area contributed by atoms with E-state index in [0.717, 1.165) is 26.1 Å². The van der Waals surface area contributed by atoms with Crippen molar-refractivity contribution in [3.05, 3.63) is 46.0 Å². The van der Waals surface area contributed by atoms with Crippen molar-refractivity contribution >= 4 is 17.9 Å². The highest BCUT2D eigenvalue weighted by Gasteiger charge is 2.43. The Balaban J connectivity index is 1.56. The second kappa shape index (κ2) is 7.68. The molecule has 2 fully saturated rings. The molecule has 1 amide bonds. The maximum atomic E-state index is 12.3. The summed E-state index contributed by atoms with van der Waals surface area (Å²) in [7, 11) is 0. The van der Waals surface area contributed by atoms with Crippen molar-refractivity contribution in [3.63, 3.8) is 0 Å². The lowest BCUT2D eigenvalue weighted by Crippen LogP contribution is -2.64. The summed E-state index contributed by atoms with van der Waals surface area (Å²) in [5, 5.41) is 11.1. The van der Waals surface area contributed by atoms with Gasteiger partial charge in [-0.1, -0.05) is 24.3 Å². The summed E-state index contributed by atoms with van der Waals surface area (Å²) < 4.78 is 5.49. The highest BCUT2D eigenvalue weighted by atomic mass is 16.6. The zero-order chi connectivity index (χ0) is 19.6. The van der Waals surface area contributed by atoms with Gasteiger partial charge in [0.05, 0.1) is 10.5 Å². The molecule has 0 aliphatic carbocycles. The van der Waals surface area contributed by atoms with E-state index in [1.807, 2.05) is 26.8 Å². The number of nitro benzene ring substituents is 1. The number of fused-ring (bicyclic) bond motifs is 1. The van der Waals surface area contributed by atoms with Crippen molar-refractivity contribution in [3.8, 4) is 0 Å². The maximum absolute atomic E-state index is 12.3. The van der Waals surface area contributed by atoms with Gasteiger partial charge in [-0.15, -0.1) is 0 Å². The minimum atomic E-state index is -0.486. The molecule has 0 unspecified atom stereocenters. The molecule has 146 valence electrons. The Bertz CT molecular complexity index is 741. The molecule has 0 spiro atoms. The molecule has 0 radical (unpaired) electrons. The number of carbonyl (C=O) groups is 1. The molecule has 2 atom stereocenters. The second-order valence-electron chi connectivity index (χ2n) is 8.21. The van der Waals surface area contributed by atoms with Gasteiger partial charge in [-0.25, -0.2) is 4.79 Å². The van der Waals surface area contributed by atoms with Crippen molar-refractivity contribution < 1.29 is 14.5 Å². The lowest BCUT2D eigenvalue weighted by molar-refractivity contribution is -0.385. The van der Waals surface area contributed by atoms with Crippen LogP contribution in [0.25, 0.3) is 6.08 Å². The van der Waals surface area contributed by atoms with Crippen LogP contribution in [-0.4, -0.2) is 58.6 Å². The summed E-state index contributed by atoms with van der Waals surface area (Å²) >= 11 is 0. The molecule has 7 heteroatoms. The van der Waals surface area contributed by atoms with Crippen LogP contribution in [0.2, 0.25) is 0 Å². The number of nitro groups is 1. The van der Waals surface area contributed by atoms with Crippen molar-refractivity contribution in [2.75, 3.05) is 26.2 Å². The molecule has 3 rings (SSSR count). The SMILES string of the molecule is CC(C)(C)OC(=O)N1CC[C@@H]2CN(C/C=C/c3ccccc3[N+](=O)[O-])[C@@H]2C1. The van der Waals surface area contributed by atoms with E-state index in [0.29, 0.717) is 24.1 Å². The van der Waals surface area contributed by atoms with Gasteiger partial charge in [0.25, 0.3) is 5.69 Å². The molecule has 2 heterocycles. The van der Waals surface area contributed by atoms with E-state index in [4.69, 9.17) is 4.74 Å². The highest BCUT2D eigenvalue weighted by molar-refractivity contribution is 5.68. The second-order valence-corrected chi connectivity index (χ2v) is 8.21. The molecule has 1 aromatic rings. The molecular weight excluding hydrogens is 346 g/mol. The number of piperidine rings is 1. The van der Waals surface area contributed by atoms with Crippen LogP contribution < -0.4 is 0 Å². The van der Waals surface area contributed by atoms with Crippen LogP contribution >= 0.6 is 0 Å². The van der Waals surface area contributed by atoms with Crippen LogP contribution in [0.1, 0.15) is 32.8 Å². The van der Waals surface area contributed by atoms with Gasteiger partial charge in [0.1, 0.15) is 5.60 Å². The van der Waals surface area contributed by atoms with E-state index >= 15 is 0 Å². The molecule has 0 bridgehead atoms. The third-order valence-electron chi connectivity index (χ3n) is 5.08. The third kappa shape index (κ3) is 4.66. The Kier molecular flexibility index (Phi) is 5.51. The number of nitrogens with zero attached hydrogens (tertiary/aromatic N) is 3. The summed E-state index contributed by atoms with van der Waals surface area (Å²) in [5.41, 5.74) is 0.239. The van der Waals surface area contributed by atoms with E-state index in [2.05, 4.69) is 4.90 Å². The molecule has 1 aromatic carbocycles. The van der Waals surface area contributed by atoms with Crippen LogP contribution in [0.5, 0.6) is 0 Å². The first-order chi connectivity index (χ1) is 12.7. The molecule has 2 saturated heterocycles. The molecule has 2 aliphatic rings. The van der Waals surface area contributed by atoms with Gasteiger partial charge in [-0.3, -0.25) is 15.0 Å². The Morgan fingerprint density at radius 3 is 2.78 bits per heavy atom. The number of para-hydroxylation sites is 1. The average molecular weight is 373 g/mol. The van der Waals surface area contributed by atoms with Gasteiger partial charge in [-0.2, -0.15) is 0 Å². The van der Waals surface area contributed by atoms with Crippen molar-refractivity contribution in [2.45, 2.75) is 38.8 Å². The highest BCUT2D eigenvalue weighted by Crippen LogP contribution is 2.33. The van der Waals surface area contributed by atoms with Crippen molar-refractivity contribution in [2.24, 2.45) is 5.92 Å². The van der Waals surface area contributed by atoms with Crippen molar-refractivity contribution in [1.29, 1.82) is 0 Å². The van der Waals surface area contributed by atoms with E-state index in [1.54, 1.807) is 29.2 Å². The molecule has 0 saturated carbocycles. The summed E-state index contributed by atoms with van der Waals surface area (Å²) in [6.45, 7) is 8.78. The number of hydrogen-bond acceptors (Lipinski definition) is 5. The fourth-order valence-corrected chi connectivity index (χ4v) is 3.72. The predicted octanol–water partition coefficient (Wildman–Crippen LogP) is 3.55.